The van der Waals surface area contributed by atoms with E-state index in [0.717, 1.165) is 5.56 Å². The topological polar surface area (TPSA) is 29.1 Å². The molecule has 110 valence electrons. The molecule has 0 aromatic heterocycles. The van der Waals surface area contributed by atoms with Gasteiger partial charge < -0.3 is 5.32 Å². The summed E-state index contributed by atoms with van der Waals surface area (Å²) in [5, 5.41) is 2.71. The lowest BCUT2D eigenvalue weighted by atomic mass is 10.0. The largest absolute Gasteiger partial charge is 0.351 e. The van der Waals surface area contributed by atoms with E-state index in [1.807, 2.05) is 6.92 Å². The van der Waals surface area contributed by atoms with E-state index in [2.05, 4.69) is 5.32 Å². The fourth-order valence-corrected chi connectivity index (χ4v) is 2.21. The molecule has 0 aliphatic carbocycles. The summed E-state index contributed by atoms with van der Waals surface area (Å²) in [6.07, 6.45) is 0. The second kappa shape index (κ2) is 6.68. The van der Waals surface area contributed by atoms with E-state index in [9.17, 15) is 13.6 Å². The van der Waals surface area contributed by atoms with Gasteiger partial charge in [0.15, 0.2) is 0 Å². The molecular weight excluding hydrogens is 296 g/mol. The van der Waals surface area contributed by atoms with Crippen LogP contribution in [0.5, 0.6) is 0 Å². The van der Waals surface area contributed by atoms with Crippen LogP contribution in [0.1, 0.15) is 28.8 Å². The Labute approximate surface area is 126 Å². The molecule has 21 heavy (non-hydrogen) atoms. The number of carbonyl (C=O) groups excluding carboxylic acids is 1. The highest BCUT2D eigenvalue weighted by molar-refractivity contribution is 6.33. The van der Waals surface area contributed by atoms with Gasteiger partial charge in [-0.25, -0.2) is 8.78 Å². The summed E-state index contributed by atoms with van der Waals surface area (Å²) < 4.78 is 26.5. The van der Waals surface area contributed by atoms with Gasteiger partial charge in [0.1, 0.15) is 11.6 Å². The first kappa shape index (κ1) is 15.4. The molecule has 1 N–H and O–H groups in total. The van der Waals surface area contributed by atoms with Crippen molar-refractivity contribution in [3.8, 4) is 0 Å². The Morgan fingerprint density at radius 2 is 1.86 bits per heavy atom. The molecule has 0 saturated carbocycles. The van der Waals surface area contributed by atoms with Gasteiger partial charge in [-0.1, -0.05) is 36.7 Å². The highest BCUT2D eigenvalue weighted by Gasteiger charge is 2.16. The minimum Gasteiger partial charge on any atom is -0.351 e. The normalized spacial score (nSPS) is 12.0. The summed E-state index contributed by atoms with van der Waals surface area (Å²) in [4.78, 5) is 12.0. The van der Waals surface area contributed by atoms with Gasteiger partial charge in [0, 0.05) is 6.54 Å². The van der Waals surface area contributed by atoms with Crippen molar-refractivity contribution in [3.63, 3.8) is 0 Å². The first-order chi connectivity index (χ1) is 9.99. The zero-order chi connectivity index (χ0) is 15.4. The van der Waals surface area contributed by atoms with Crippen molar-refractivity contribution in [1.82, 2.24) is 5.32 Å². The molecule has 0 fully saturated rings. The van der Waals surface area contributed by atoms with E-state index in [-0.39, 0.29) is 22.3 Å². The number of nitrogens with one attached hydrogen (secondary N) is 1. The molecule has 5 heteroatoms. The lowest BCUT2D eigenvalue weighted by Gasteiger charge is -2.14. The number of hydrogen-bond acceptors (Lipinski definition) is 1. The Kier molecular flexibility index (Phi) is 4.91. The molecule has 1 amide bonds. The van der Waals surface area contributed by atoms with Crippen LogP contribution in [-0.2, 0) is 0 Å². The van der Waals surface area contributed by atoms with Crippen LogP contribution >= 0.6 is 11.6 Å². The smallest absolute Gasteiger partial charge is 0.255 e. The summed E-state index contributed by atoms with van der Waals surface area (Å²) >= 11 is 5.83. The van der Waals surface area contributed by atoms with E-state index in [1.165, 1.54) is 30.3 Å². The third kappa shape index (κ3) is 3.79. The van der Waals surface area contributed by atoms with Crippen LogP contribution in [0, 0.1) is 11.6 Å². The molecule has 0 heterocycles. The fourth-order valence-electron chi connectivity index (χ4n) is 1.96. The first-order valence-corrected chi connectivity index (χ1v) is 6.84. The quantitative estimate of drug-likeness (QED) is 0.903. The summed E-state index contributed by atoms with van der Waals surface area (Å²) in [6.45, 7) is 2.19. The van der Waals surface area contributed by atoms with Gasteiger partial charge in [0.05, 0.1) is 10.6 Å². The van der Waals surface area contributed by atoms with E-state index < -0.39 is 11.7 Å². The maximum atomic E-state index is 13.6. The van der Waals surface area contributed by atoms with Crippen molar-refractivity contribution in [2.75, 3.05) is 6.54 Å². The van der Waals surface area contributed by atoms with Crippen LogP contribution in [0.15, 0.2) is 42.5 Å². The van der Waals surface area contributed by atoms with Crippen LogP contribution < -0.4 is 5.32 Å². The van der Waals surface area contributed by atoms with E-state index in [4.69, 9.17) is 11.6 Å². The molecule has 0 radical (unpaired) electrons. The van der Waals surface area contributed by atoms with Gasteiger partial charge in [-0.2, -0.15) is 0 Å². The predicted molar refractivity (Wildman–Crippen MR) is 78.6 cm³/mol. The fraction of sp³-hybridized carbons (Fsp3) is 0.188. The Bertz CT molecular complexity index is 623. The minimum atomic E-state index is -0.658. The Hall–Kier alpha value is -1.94. The molecular formula is C16H14ClF2NO. The van der Waals surface area contributed by atoms with Crippen LogP contribution in [0.25, 0.3) is 0 Å². The highest BCUT2D eigenvalue weighted by atomic mass is 35.5. The number of benzene rings is 2. The maximum Gasteiger partial charge on any atom is 0.255 e. The summed E-state index contributed by atoms with van der Waals surface area (Å²) in [6, 6.07) is 10.1. The van der Waals surface area contributed by atoms with Gasteiger partial charge in [-0.05, 0) is 35.7 Å². The molecule has 0 aliphatic rings. The molecule has 2 rings (SSSR count). The lowest BCUT2D eigenvalue weighted by molar-refractivity contribution is 0.0948. The standard InChI is InChI=1S/C16H14ClF2NO/c1-10(11-5-7-12(18)8-6-11)9-20-16(21)15-13(17)3-2-4-14(15)19/h2-8,10H,9H2,1H3,(H,20,21). The van der Waals surface area contributed by atoms with Crippen LogP contribution in [0.2, 0.25) is 5.02 Å². The van der Waals surface area contributed by atoms with E-state index in [0.29, 0.717) is 6.54 Å². The van der Waals surface area contributed by atoms with Crippen molar-refractivity contribution in [2.45, 2.75) is 12.8 Å². The number of hydrogen-bond donors (Lipinski definition) is 1. The van der Waals surface area contributed by atoms with Crippen molar-refractivity contribution in [1.29, 1.82) is 0 Å². The molecule has 2 aromatic carbocycles. The molecule has 0 saturated heterocycles. The van der Waals surface area contributed by atoms with Gasteiger partial charge in [0.2, 0.25) is 0 Å². The number of carbonyl (C=O) groups is 1. The first-order valence-electron chi connectivity index (χ1n) is 6.46. The molecule has 0 aliphatic heterocycles. The third-order valence-corrected chi connectivity index (χ3v) is 3.51. The zero-order valence-corrected chi connectivity index (χ0v) is 12.1. The van der Waals surface area contributed by atoms with Crippen LogP contribution in [0.4, 0.5) is 8.78 Å². The minimum absolute atomic E-state index is 0.0277. The molecule has 2 nitrogen and oxygen atoms in total. The van der Waals surface area contributed by atoms with E-state index >= 15 is 0 Å². The Morgan fingerprint density at radius 1 is 1.19 bits per heavy atom. The van der Waals surface area contributed by atoms with Crippen molar-refractivity contribution in [2.24, 2.45) is 0 Å². The summed E-state index contributed by atoms with van der Waals surface area (Å²) in [7, 11) is 0. The summed E-state index contributed by atoms with van der Waals surface area (Å²) in [5.74, 6) is -1.56. The van der Waals surface area contributed by atoms with Gasteiger partial charge in [0.25, 0.3) is 5.91 Å². The molecule has 2 aromatic rings. The second-order valence-corrected chi connectivity index (χ2v) is 5.17. The number of rotatable bonds is 4. The molecule has 0 bridgehead atoms. The Balaban J connectivity index is 2.02. The number of halogens is 3. The van der Waals surface area contributed by atoms with Crippen molar-refractivity contribution in [3.05, 3.63) is 70.2 Å². The van der Waals surface area contributed by atoms with Crippen molar-refractivity contribution >= 4 is 17.5 Å². The lowest BCUT2D eigenvalue weighted by Crippen LogP contribution is -2.28. The Morgan fingerprint density at radius 3 is 2.48 bits per heavy atom. The summed E-state index contributed by atoms with van der Waals surface area (Å²) in [5.41, 5.74) is 0.724. The molecule has 0 spiro atoms. The zero-order valence-electron chi connectivity index (χ0n) is 11.4. The van der Waals surface area contributed by atoms with Crippen LogP contribution in [-0.4, -0.2) is 12.5 Å². The van der Waals surface area contributed by atoms with Gasteiger partial charge >= 0.3 is 0 Å². The van der Waals surface area contributed by atoms with Gasteiger partial charge in [-0.3, -0.25) is 4.79 Å². The molecule has 1 unspecified atom stereocenters. The average molecular weight is 310 g/mol. The average Bonchev–Trinajstić information content (AvgIpc) is 2.45. The third-order valence-electron chi connectivity index (χ3n) is 3.20. The van der Waals surface area contributed by atoms with Crippen molar-refractivity contribution < 1.29 is 13.6 Å². The van der Waals surface area contributed by atoms with E-state index in [1.54, 1.807) is 12.1 Å². The number of amides is 1. The molecule has 1 atom stereocenters. The highest BCUT2D eigenvalue weighted by Crippen LogP contribution is 2.19. The monoisotopic (exact) mass is 309 g/mol. The van der Waals surface area contributed by atoms with Crippen LogP contribution in [0.3, 0.4) is 0 Å². The van der Waals surface area contributed by atoms with Gasteiger partial charge in [-0.15, -0.1) is 0 Å². The predicted octanol–water partition coefficient (Wildman–Crippen LogP) is 4.15. The maximum absolute atomic E-state index is 13.6. The SMILES string of the molecule is CC(CNC(=O)c1c(F)cccc1Cl)c1ccc(F)cc1. The second-order valence-electron chi connectivity index (χ2n) is 4.76.